The molecule has 2 aliphatic heterocycles. The molecule has 4 rings (SSSR count). The summed E-state index contributed by atoms with van der Waals surface area (Å²) >= 11 is 0. The number of aromatic nitrogens is 2. The Balaban J connectivity index is 1.46. The fourth-order valence-electron chi connectivity index (χ4n) is 4.37. The lowest BCUT2D eigenvalue weighted by molar-refractivity contribution is -0.133. The summed E-state index contributed by atoms with van der Waals surface area (Å²) in [6.45, 7) is 7.63. The van der Waals surface area contributed by atoms with Crippen LogP contribution in [-0.2, 0) is 17.8 Å². The van der Waals surface area contributed by atoms with E-state index in [0.717, 1.165) is 48.7 Å². The number of benzene rings is 1. The summed E-state index contributed by atoms with van der Waals surface area (Å²) in [5, 5.41) is 0. The second-order valence-electron chi connectivity index (χ2n) is 8.44. The molecule has 1 aromatic carbocycles. The molecule has 2 atom stereocenters. The number of rotatable bonds is 3. The van der Waals surface area contributed by atoms with Gasteiger partial charge in [0.2, 0.25) is 5.91 Å². The van der Waals surface area contributed by atoms with Gasteiger partial charge in [0.1, 0.15) is 5.82 Å². The third-order valence-corrected chi connectivity index (χ3v) is 6.20. The van der Waals surface area contributed by atoms with Crippen LogP contribution in [0.15, 0.2) is 30.5 Å². The van der Waals surface area contributed by atoms with Gasteiger partial charge in [-0.15, -0.1) is 0 Å². The predicted octanol–water partition coefficient (Wildman–Crippen LogP) is 3.28. The minimum Gasteiger partial charge on any atom is -0.337 e. The van der Waals surface area contributed by atoms with E-state index in [1.54, 1.807) is 0 Å². The SMILES string of the molecule is Cc1ccc([C@@H](C)C(=O)N2CCc3nc([C@@H]4CCCN(C)C4)ncc3C2)cc1. The average Bonchev–Trinajstić information content (AvgIpc) is 2.72. The zero-order valence-electron chi connectivity index (χ0n) is 17.2. The monoisotopic (exact) mass is 378 g/mol. The van der Waals surface area contributed by atoms with E-state index in [1.165, 1.54) is 18.4 Å². The van der Waals surface area contributed by atoms with Crippen molar-refractivity contribution in [3.05, 3.63) is 58.7 Å². The van der Waals surface area contributed by atoms with Gasteiger partial charge in [-0.05, 0) is 45.8 Å². The van der Waals surface area contributed by atoms with Gasteiger partial charge in [0.25, 0.3) is 0 Å². The Hall–Kier alpha value is -2.27. The molecule has 1 amide bonds. The summed E-state index contributed by atoms with van der Waals surface area (Å²) < 4.78 is 0. The van der Waals surface area contributed by atoms with Gasteiger partial charge in [-0.1, -0.05) is 29.8 Å². The lowest BCUT2D eigenvalue weighted by atomic mass is 9.96. The van der Waals surface area contributed by atoms with E-state index in [0.29, 0.717) is 12.5 Å². The van der Waals surface area contributed by atoms with Crippen LogP contribution in [0.5, 0.6) is 0 Å². The van der Waals surface area contributed by atoms with Crippen LogP contribution in [0.4, 0.5) is 0 Å². The first-order valence-corrected chi connectivity index (χ1v) is 10.4. The fourth-order valence-corrected chi connectivity index (χ4v) is 4.37. The van der Waals surface area contributed by atoms with Crippen molar-refractivity contribution in [2.24, 2.45) is 0 Å². The van der Waals surface area contributed by atoms with Crippen LogP contribution >= 0.6 is 0 Å². The quantitative estimate of drug-likeness (QED) is 0.822. The highest BCUT2D eigenvalue weighted by Gasteiger charge is 2.28. The smallest absolute Gasteiger partial charge is 0.230 e. The van der Waals surface area contributed by atoms with Gasteiger partial charge in [0.15, 0.2) is 0 Å². The number of likely N-dealkylation sites (tertiary alicyclic amines) is 1. The Morgan fingerprint density at radius 3 is 2.75 bits per heavy atom. The first kappa shape index (κ1) is 19.1. The number of fused-ring (bicyclic) bond motifs is 1. The summed E-state index contributed by atoms with van der Waals surface area (Å²) in [4.78, 5) is 26.9. The highest BCUT2D eigenvalue weighted by molar-refractivity contribution is 5.83. The van der Waals surface area contributed by atoms with Crippen molar-refractivity contribution >= 4 is 5.91 Å². The summed E-state index contributed by atoms with van der Waals surface area (Å²) in [5.41, 5.74) is 4.52. The third kappa shape index (κ3) is 3.95. The van der Waals surface area contributed by atoms with Crippen LogP contribution < -0.4 is 0 Å². The number of likely N-dealkylation sites (N-methyl/N-ethyl adjacent to an activating group) is 1. The standard InChI is InChI=1S/C23H30N4O/c1-16-6-8-18(9-7-16)17(2)23(28)27-12-10-21-20(15-27)13-24-22(25-21)19-5-4-11-26(3)14-19/h6-9,13,17,19H,4-5,10-12,14-15H2,1-3H3/t17-,19-/m1/s1. The Kier molecular flexibility index (Phi) is 5.44. The van der Waals surface area contributed by atoms with E-state index in [9.17, 15) is 4.79 Å². The molecule has 1 aromatic heterocycles. The molecule has 0 radical (unpaired) electrons. The molecular formula is C23H30N4O. The second-order valence-corrected chi connectivity index (χ2v) is 8.44. The molecule has 0 aliphatic carbocycles. The van der Waals surface area contributed by atoms with E-state index < -0.39 is 0 Å². The number of nitrogens with zero attached hydrogens (tertiary/aromatic N) is 4. The Morgan fingerprint density at radius 2 is 2.00 bits per heavy atom. The van der Waals surface area contributed by atoms with Gasteiger partial charge in [0.05, 0.1) is 11.6 Å². The topological polar surface area (TPSA) is 49.3 Å². The molecule has 148 valence electrons. The zero-order chi connectivity index (χ0) is 19.7. The van der Waals surface area contributed by atoms with Gasteiger partial charge < -0.3 is 9.80 Å². The molecule has 1 fully saturated rings. The van der Waals surface area contributed by atoms with E-state index in [-0.39, 0.29) is 11.8 Å². The molecule has 0 spiro atoms. The number of hydrogen-bond acceptors (Lipinski definition) is 4. The van der Waals surface area contributed by atoms with Crippen molar-refractivity contribution in [3.8, 4) is 0 Å². The van der Waals surface area contributed by atoms with Crippen molar-refractivity contribution in [2.45, 2.75) is 51.5 Å². The van der Waals surface area contributed by atoms with E-state index in [2.05, 4.69) is 48.1 Å². The van der Waals surface area contributed by atoms with Crippen LogP contribution in [0.2, 0.25) is 0 Å². The minimum absolute atomic E-state index is 0.125. The number of amides is 1. The van der Waals surface area contributed by atoms with E-state index in [1.807, 2.05) is 18.0 Å². The Morgan fingerprint density at radius 1 is 1.21 bits per heavy atom. The van der Waals surface area contributed by atoms with Crippen LogP contribution in [-0.4, -0.2) is 52.4 Å². The maximum atomic E-state index is 13.0. The zero-order valence-corrected chi connectivity index (χ0v) is 17.2. The van der Waals surface area contributed by atoms with Crippen molar-refractivity contribution in [2.75, 3.05) is 26.7 Å². The number of carbonyl (C=O) groups is 1. The normalized spacial score (nSPS) is 21.2. The van der Waals surface area contributed by atoms with Crippen LogP contribution in [0.25, 0.3) is 0 Å². The molecular weight excluding hydrogens is 348 g/mol. The molecule has 0 N–H and O–H groups in total. The van der Waals surface area contributed by atoms with E-state index in [4.69, 9.17) is 4.98 Å². The average molecular weight is 379 g/mol. The Bertz CT molecular complexity index is 848. The van der Waals surface area contributed by atoms with E-state index >= 15 is 0 Å². The number of piperidine rings is 1. The molecule has 0 unspecified atom stereocenters. The molecule has 3 heterocycles. The van der Waals surface area contributed by atoms with Crippen molar-refractivity contribution in [3.63, 3.8) is 0 Å². The number of aryl methyl sites for hydroxylation is 1. The molecule has 0 bridgehead atoms. The lowest BCUT2D eigenvalue weighted by Gasteiger charge is -2.32. The molecule has 2 aliphatic rings. The molecule has 28 heavy (non-hydrogen) atoms. The first-order valence-electron chi connectivity index (χ1n) is 10.4. The first-order chi connectivity index (χ1) is 13.5. The second kappa shape index (κ2) is 8.00. The fraction of sp³-hybridized carbons (Fsp3) is 0.522. The third-order valence-electron chi connectivity index (χ3n) is 6.20. The molecule has 2 aromatic rings. The summed E-state index contributed by atoms with van der Waals surface area (Å²) in [6, 6.07) is 8.27. The molecule has 5 nitrogen and oxygen atoms in total. The number of hydrogen-bond donors (Lipinski definition) is 0. The molecule has 5 heteroatoms. The maximum Gasteiger partial charge on any atom is 0.230 e. The molecule has 0 saturated carbocycles. The Labute approximate surface area is 167 Å². The summed E-state index contributed by atoms with van der Waals surface area (Å²) in [5.74, 6) is 1.48. The van der Waals surface area contributed by atoms with Gasteiger partial charge in [-0.2, -0.15) is 0 Å². The minimum atomic E-state index is -0.125. The summed E-state index contributed by atoms with van der Waals surface area (Å²) in [7, 11) is 2.17. The van der Waals surface area contributed by atoms with Gasteiger partial charge in [-0.25, -0.2) is 9.97 Å². The van der Waals surface area contributed by atoms with Crippen molar-refractivity contribution in [1.82, 2.24) is 19.8 Å². The summed E-state index contributed by atoms with van der Waals surface area (Å²) in [6.07, 6.45) is 5.16. The van der Waals surface area contributed by atoms with Crippen LogP contribution in [0.1, 0.15) is 59.8 Å². The van der Waals surface area contributed by atoms with Crippen LogP contribution in [0.3, 0.4) is 0 Å². The lowest BCUT2D eigenvalue weighted by Crippen LogP contribution is -2.39. The maximum absolute atomic E-state index is 13.0. The molecule has 1 saturated heterocycles. The van der Waals surface area contributed by atoms with Crippen molar-refractivity contribution < 1.29 is 4.79 Å². The van der Waals surface area contributed by atoms with Crippen LogP contribution in [0, 0.1) is 6.92 Å². The van der Waals surface area contributed by atoms with Gasteiger partial charge in [-0.3, -0.25) is 4.79 Å². The van der Waals surface area contributed by atoms with Crippen molar-refractivity contribution in [1.29, 1.82) is 0 Å². The highest BCUT2D eigenvalue weighted by Crippen LogP contribution is 2.27. The van der Waals surface area contributed by atoms with Gasteiger partial charge >= 0.3 is 0 Å². The largest absolute Gasteiger partial charge is 0.337 e. The predicted molar refractivity (Wildman–Crippen MR) is 110 cm³/mol. The number of carbonyl (C=O) groups excluding carboxylic acids is 1. The van der Waals surface area contributed by atoms with Gasteiger partial charge in [0, 0.05) is 43.7 Å². The highest BCUT2D eigenvalue weighted by atomic mass is 16.2.